The van der Waals surface area contributed by atoms with Crippen LogP contribution >= 0.6 is 0 Å². The fourth-order valence-corrected chi connectivity index (χ4v) is 1.46. The zero-order valence-electron chi connectivity index (χ0n) is 10.6. The van der Waals surface area contributed by atoms with E-state index in [1.54, 1.807) is 0 Å². The number of rotatable bonds is 8. The average Bonchev–Trinajstić information content (AvgIpc) is 2.65. The highest BCUT2D eigenvalue weighted by Gasteiger charge is 2.00. The minimum Gasteiger partial charge on any atom is -0.380 e. The van der Waals surface area contributed by atoms with E-state index in [2.05, 4.69) is 28.7 Å². The van der Waals surface area contributed by atoms with Gasteiger partial charge in [0.1, 0.15) is 0 Å². The Labute approximate surface area is 98.0 Å². The predicted molar refractivity (Wildman–Crippen MR) is 65.3 cm³/mol. The molecule has 1 N–H and O–H groups in total. The van der Waals surface area contributed by atoms with Crippen molar-refractivity contribution in [1.29, 1.82) is 0 Å². The third kappa shape index (κ3) is 4.77. The monoisotopic (exact) mass is 225 g/mol. The molecular weight excluding hydrogens is 202 g/mol. The van der Waals surface area contributed by atoms with Crippen molar-refractivity contribution >= 4 is 0 Å². The molecule has 16 heavy (non-hydrogen) atoms. The van der Waals surface area contributed by atoms with E-state index in [0.29, 0.717) is 5.92 Å². The molecule has 0 saturated heterocycles. The molecule has 0 unspecified atom stereocenters. The Balaban J connectivity index is 2.18. The van der Waals surface area contributed by atoms with Crippen LogP contribution in [-0.4, -0.2) is 29.8 Å². The summed E-state index contributed by atoms with van der Waals surface area (Å²) in [4.78, 5) is 4.14. The van der Waals surface area contributed by atoms with Gasteiger partial charge in [0, 0.05) is 25.9 Å². The van der Waals surface area contributed by atoms with E-state index in [9.17, 15) is 0 Å². The Kier molecular flexibility index (Phi) is 6.11. The number of nitrogens with one attached hydrogen (secondary N) is 1. The van der Waals surface area contributed by atoms with Gasteiger partial charge in [-0.15, -0.1) is 0 Å². The Morgan fingerprint density at radius 2 is 2.25 bits per heavy atom. The van der Waals surface area contributed by atoms with Crippen molar-refractivity contribution in [2.75, 3.05) is 20.3 Å². The van der Waals surface area contributed by atoms with Crippen LogP contribution in [0.4, 0.5) is 0 Å². The first-order chi connectivity index (χ1) is 7.74. The molecule has 0 aliphatic heterocycles. The van der Waals surface area contributed by atoms with Crippen LogP contribution in [0.15, 0.2) is 12.5 Å². The van der Waals surface area contributed by atoms with E-state index in [0.717, 1.165) is 32.7 Å². The van der Waals surface area contributed by atoms with Crippen molar-refractivity contribution in [1.82, 2.24) is 14.9 Å². The van der Waals surface area contributed by atoms with E-state index >= 15 is 0 Å². The van der Waals surface area contributed by atoms with Gasteiger partial charge < -0.3 is 14.6 Å². The summed E-state index contributed by atoms with van der Waals surface area (Å²) in [7, 11) is 1.94. The molecule has 4 nitrogen and oxygen atoms in total. The maximum Gasteiger partial charge on any atom is 0.0949 e. The van der Waals surface area contributed by atoms with Crippen LogP contribution in [-0.2, 0) is 17.8 Å². The van der Waals surface area contributed by atoms with Gasteiger partial charge in [-0.3, -0.25) is 0 Å². The highest BCUT2D eigenvalue weighted by molar-refractivity contribution is 4.97. The van der Waals surface area contributed by atoms with Gasteiger partial charge in [0.15, 0.2) is 0 Å². The van der Waals surface area contributed by atoms with Crippen LogP contribution in [0.3, 0.4) is 0 Å². The van der Waals surface area contributed by atoms with E-state index in [-0.39, 0.29) is 0 Å². The van der Waals surface area contributed by atoms with Gasteiger partial charge in [-0.1, -0.05) is 13.8 Å². The molecule has 1 aromatic rings. The van der Waals surface area contributed by atoms with Gasteiger partial charge in [0.2, 0.25) is 0 Å². The van der Waals surface area contributed by atoms with Crippen molar-refractivity contribution in [2.24, 2.45) is 5.92 Å². The normalized spacial score (nSPS) is 11.2. The summed E-state index contributed by atoms with van der Waals surface area (Å²) in [5.41, 5.74) is 1.20. The molecule has 4 heteroatoms. The van der Waals surface area contributed by atoms with Crippen LogP contribution in [0.2, 0.25) is 0 Å². The molecule has 1 heterocycles. The van der Waals surface area contributed by atoms with Crippen molar-refractivity contribution < 1.29 is 4.74 Å². The lowest BCUT2D eigenvalue weighted by atomic mass is 10.1. The number of hydrogen-bond acceptors (Lipinski definition) is 3. The molecule has 0 aliphatic rings. The second kappa shape index (κ2) is 7.41. The molecule has 1 aromatic heterocycles. The highest BCUT2D eigenvalue weighted by Crippen LogP contribution is 2.01. The fourth-order valence-electron chi connectivity index (χ4n) is 1.46. The summed E-state index contributed by atoms with van der Waals surface area (Å²) in [5, 5.41) is 3.13. The molecule has 0 bridgehead atoms. The van der Waals surface area contributed by atoms with Crippen molar-refractivity contribution in [2.45, 2.75) is 33.4 Å². The molecule has 0 fully saturated rings. The molecule has 0 aromatic carbocycles. The lowest BCUT2D eigenvalue weighted by Crippen LogP contribution is -2.13. The SMILES string of the molecule is CNCc1cncn1CCOCCC(C)C. The Morgan fingerprint density at radius 3 is 2.94 bits per heavy atom. The number of imidazole rings is 1. The first kappa shape index (κ1) is 13.2. The average molecular weight is 225 g/mol. The summed E-state index contributed by atoms with van der Waals surface area (Å²) >= 11 is 0. The van der Waals surface area contributed by atoms with E-state index < -0.39 is 0 Å². The van der Waals surface area contributed by atoms with Crippen LogP contribution in [0, 0.1) is 5.92 Å². The van der Waals surface area contributed by atoms with E-state index in [1.165, 1.54) is 5.69 Å². The van der Waals surface area contributed by atoms with Crippen molar-refractivity contribution in [3.05, 3.63) is 18.2 Å². The Hall–Kier alpha value is -0.870. The standard InChI is InChI=1S/C12H23N3O/c1-11(2)4-6-16-7-5-15-10-14-9-12(15)8-13-3/h9-11,13H,4-8H2,1-3H3. The largest absolute Gasteiger partial charge is 0.380 e. The van der Waals surface area contributed by atoms with Crippen molar-refractivity contribution in [3.63, 3.8) is 0 Å². The van der Waals surface area contributed by atoms with Gasteiger partial charge in [-0.05, 0) is 19.4 Å². The zero-order chi connectivity index (χ0) is 11.8. The summed E-state index contributed by atoms with van der Waals surface area (Å²) in [5.74, 6) is 0.716. The number of hydrogen-bond donors (Lipinski definition) is 1. The van der Waals surface area contributed by atoms with E-state index in [1.807, 2.05) is 19.6 Å². The summed E-state index contributed by atoms with van der Waals surface area (Å²) in [6.45, 7) is 7.78. The molecule has 0 atom stereocenters. The Morgan fingerprint density at radius 1 is 1.44 bits per heavy atom. The molecule has 92 valence electrons. The van der Waals surface area contributed by atoms with E-state index in [4.69, 9.17) is 4.74 Å². The van der Waals surface area contributed by atoms with Gasteiger partial charge in [0.05, 0.1) is 18.6 Å². The van der Waals surface area contributed by atoms with Crippen molar-refractivity contribution in [3.8, 4) is 0 Å². The summed E-state index contributed by atoms with van der Waals surface area (Å²) in [6, 6.07) is 0. The molecule has 0 saturated carbocycles. The van der Waals surface area contributed by atoms with Crippen LogP contribution in [0.5, 0.6) is 0 Å². The van der Waals surface area contributed by atoms with Gasteiger partial charge in [-0.25, -0.2) is 4.98 Å². The molecular formula is C12H23N3O. The lowest BCUT2D eigenvalue weighted by molar-refractivity contribution is 0.115. The molecule has 0 radical (unpaired) electrons. The van der Waals surface area contributed by atoms with Crippen LogP contribution < -0.4 is 5.32 Å². The molecule has 0 amide bonds. The smallest absolute Gasteiger partial charge is 0.0949 e. The second-order valence-corrected chi connectivity index (χ2v) is 4.40. The Bertz CT molecular complexity index is 284. The minimum atomic E-state index is 0.716. The predicted octanol–water partition coefficient (Wildman–Crippen LogP) is 1.67. The van der Waals surface area contributed by atoms with Gasteiger partial charge >= 0.3 is 0 Å². The topological polar surface area (TPSA) is 39.1 Å². The van der Waals surface area contributed by atoms with Gasteiger partial charge in [0.25, 0.3) is 0 Å². The van der Waals surface area contributed by atoms with Gasteiger partial charge in [-0.2, -0.15) is 0 Å². The number of nitrogens with zero attached hydrogens (tertiary/aromatic N) is 2. The maximum absolute atomic E-state index is 5.58. The maximum atomic E-state index is 5.58. The first-order valence-corrected chi connectivity index (χ1v) is 5.95. The number of aromatic nitrogens is 2. The summed E-state index contributed by atoms with van der Waals surface area (Å²) < 4.78 is 7.71. The first-order valence-electron chi connectivity index (χ1n) is 5.95. The third-order valence-corrected chi connectivity index (χ3v) is 2.47. The number of ether oxygens (including phenoxy) is 1. The van der Waals surface area contributed by atoms with Crippen LogP contribution in [0.25, 0.3) is 0 Å². The molecule has 1 rings (SSSR count). The highest BCUT2D eigenvalue weighted by atomic mass is 16.5. The zero-order valence-corrected chi connectivity index (χ0v) is 10.6. The summed E-state index contributed by atoms with van der Waals surface area (Å²) in [6.07, 6.45) is 4.89. The second-order valence-electron chi connectivity index (χ2n) is 4.40. The molecule has 0 spiro atoms. The third-order valence-electron chi connectivity index (χ3n) is 2.47. The fraction of sp³-hybridized carbons (Fsp3) is 0.750. The quantitative estimate of drug-likeness (QED) is 0.684. The van der Waals surface area contributed by atoms with Crippen LogP contribution in [0.1, 0.15) is 26.0 Å². The lowest BCUT2D eigenvalue weighted by Gasteiger charge is -2.09. The molecule has 0 aliphatic carbocycles. The minimum absolute atomic E-state index is 0.716.